The predicted molar refractivity (Wildman–Crippen MR) is 135 cm³/mol. The molecule has 1 aliphatic heterocycles. The highest BCUT2D eigenvalue weighted by molar-refractivity contribution is 7.87. The maximum atomic E-state index is 13.5. The van der Waals surface area contributed by atoms with Crippen molar-refractivity contribution in [2.75, 3.05) is 13.1 Å². The summed E-state index contributed by atoms with van der Waals surface area (Å²) in [5, 5.41) is 4.22. The molecular weight excluding hydrogens is 577 g/mol. The number of halogens is 7. The molecule has 6 nitrogen and oxygen atoms in total. The second-order valence-electron chi connectivity index (χ2n) is 11.1. The van der Waals surface area contributed by atoms with Crippen LogP contribution in [0.2, 0.25) is 0 Å². The number of hydrogen-bond acceptors (Lipinski definition) is 3. The monoisotopic (exact) mass is 602 g/mol. The van der Waals surface area contributed by atoms with Crippen molar-refractivity contribution in [3.8, 4) is 22.5 Å². The van der Waals surface area contributed by atoms with E-state index in [1.807, 2.05) is 12.1 Å². The molecule has 2 aromatic carbocycles. The maximum Gasteiger partial charge on any atom is 0.408 e. The Bertz CT molecular complexity index is 1580. The van der Waals surface area contributed by atoms with E-state index in [0.717, 1.165) is 27.9 Å². The van der Waals surface area contributed by atoms with E-state index in [-0.39, 0.29) is 29.8 Å². The van der Waals surface area contributed by atoms with Crippen LogP contribution in [0.5, 0.6) is 0 Å². The van der Waals surface area contributed by atoms with Gasteiger partial charge in [-0.3, -0.25) is 4.68 Å². The van der Waals surface area contributed by atoms with Gasteiger partial charge in [-0.1, -0.05) is 12.1 Å². The molecule has 220 valence electrons. The highest BCUT2D eigenvalue weighted by Crippen LogP contribution is 2.51. The first-order chi connectivity index (χ1) is 19.1. The lowest BCUT2D eigenvalue weighted by Crippen LogP contribution is -2.52. The molecule has 1 N–H and O–H groups in total. The van der Waals surface area contributed by atoms with E-state index in [0.29, 0.717) is 41.1 Å². The first-order valence-electron chi connectivity index (χ1n) is 13.0. The fourth-order valence-corrected chi connectivity index (χ4v) is 8.41. The molecule has 2 fully saturated rings. The Morgan fingerprint density at radius 1 is 0.854 bits per heavy atom. The molecule has 2 heterocycles. The highest BCUT2D eigenvalue weighted by Gasteiger charge is 2.60. The second-order valence-corrected chi connectivity index (χ2v) is 12.8. The number of nitrogens with zero attached hydrogens (tertiary/aromatic N) is 3. The van der Waals surface area contributed by atoms with Crippen molar-refractivity contribution in [1.29, 1.82) is 0 Å². The molecule has 1 aromatic heterocycles. The van der Waals surface area contributed by atoms with Crippen LogP contribution in [0.1, 0.15) is 24.0 Å². The van der Waals surface area contributed by atoms with Gasteiger partial charge < -0.3 is 0 Å². The summed E-state index contributed by atoms with van der Waals surface area (Å²) in [6.07, 6.45) is -7.07. The Morgan fingerprint density at radius 2 is 1.46 bits per heavy atom. The first kappa shape index (κ1) is 28.2. The van der Waals surface area contributed by atoms with Crippen LogP contribution in [-0.2, 0) is 29.6 Å². The van der Waals surface area contributed by atoms with E-state index < -0.39 is 47.0 Å². The van der Waals surface area contributed by atoms with Crippen LogP contribution in [0.15, 0.2) is 48.5 Å². The molecule has 14 heteroatoms. The zero-order valence-corrected chi connectivity index (χ0v) is 22.3. The van der Waals surface area contributed by atoms with Crippen molar-refractivity contribution < 1.29 is 39.2 Å². The van der Waals surface area contributed by atoms with Crippen LogP contribution in [0.25, 0.3) is 22.5 Å². The van der Waals surface area contributed by atoms with E-state index in [1.54, 1.807) is 6.07 Å². The van der Waals surface area contributed by atoms with Gasteiger partial charge in [-0.15, -0.1) is 0 Å². The predicted octanol–water partition coefficient (Wildman–Crippen LogP) is 5.49. The molecule has 1 saturated carbocycles. The molecule has 41 heavy (non-hydrogen) atoms. The maximum absolute atomic E-state index is 13.5. The number of benzene rings is 2. The summed E-state index contributed by atoms with van der Waals surface area (Å²) in [4.78, 5) is 0. The molecule has 2 aliphatic carbocycles. The highest BCUT2D eigenvalue weighted by atomic mass is 32.2. The van der Waals surface area contributed by atoms with Gasteiger partial charge in [0.05, 0.1) is 16.9 Å². The van der Waals surface area contributed by atoms with Crippen LogP contribution in [0.3, 0.4) is 0 Å². The number of rotatable bonds is 4. The summed E-state index contributed by atoms with van der Waals surface area (Å²) in [5.41, 5.74) is 2.09. The summed E-state index contributed by atoms with van der Waals surface area (Å²) in [6.45, 7) is -3.17. The van der Waals surface area contributed by atoms with Crippen LogP contribution >= 0.6 is 0 Å². The van der Waals surface area contributed by atoms with Crippen molar-refractivity contribution in [2.45, 2.75) is 50.1 Å². The molecule has 2 bridgehead atoms. The Morgan fingerprint density at radius 3 is 2.10 bits per heavy atom. The third-order valence-electron chi connectivity index (χ3n) is 8.46. The van der Waals surface area contributed by atoms with Crippen molar-refractivity contribution in [3.63, 3.8) is 0 Å². The van der Waals surface area contributed by atoms with Crippen molar-refractivity contribution in [1.82, 2.24) is 18.8 Å². The minimum atomic E-state index is -4.68. The third kappa shape index (κ3) is 5.37. The zero-order chi connectivity index (χ0) is 29.4. The van der Waals surface area contributed by atoms with E-state index in [4.69, 9.17) is 0 Å². The van der Waals surface area contributed by atoms with Crippen molar-refractivity contribution in [3.05, 3.63) is 65.5 Å². The minimum absolute atomic E-state index is 0.162. The van der Waals surface area contributed by atoms with Crippen LogP contribution in [-0.4, -0.2) is 53.5 Å². The van der Waals surface area contributed by atoms with Crippen molar-refractivity contribution in [2.24, 2.45) is 11.8 Å². The second kappa shape index (κ2) is 9.53. The van der Waals surface area contributed by atoms with Gasteiger partial charge in [-0.25, -0.2) is 4.39 Å². The zero-order valence-electron chi connectivity index (χ0n) is 21.4. The van der Waals surface area contributed by atoms with Gasteiger partial charge in [0.25, 0.3) is 10.2 Å². The SMILES string of the molecule is O=S1(=O)NC2(CN1CC(F)(F)F)C1CCC2Cc2cc(-c3cc(-c4ccc(F)cc4)n(CC(F)(F)F)n3)ccc2C1. The number of fused-ring (bicyclic) bond motifs is 1. The molecule has 3 aromatic rings. The number of alkyl halides is 6. The van der Waals surface area contributed by atoms with Gasteiger partial charge in [0, 0.05) is 17.7 Å². The minimum Gasteiger partial charge on any atom is -0.255 e. The average molecular weight is 603 g/mol. The largest absolute Gasteiger partial charge is 0.408 e. The lowest BCUT2D eigenvalue weighted by atomic mass is 9.79. The van der Waals surface area contributed by atoms with Crippen LogP contribution < -0.4 is 4.72 Å². The van der Waals surface area contributed by atoms with Gasteiger partial charge in [0.2, 0.25) is 0 Å². The lowest BCUT2D eigenvalue weighted by molar-refractivity contribution is -0.142. The first-order valence-corrected chi connectivity index (χ1v) is 14.4. The molecule has 0 amide bonds. The summed E-state index contributed by atoms with van der Waals surface area (Å²) in [5.74, 6) is -0.988. The summed E-state index contributed by atoms with van der Waals surface area (Å²) in [7, 11) is -4.32. The van der Waals surface area contributed by atoms with Gasteiger partial charge in [-0.2, -0.15) is 48.9 Å². The standard InChI is InChI=1S/C27H25F7N4O2S/c28-22-7-3-16(4-8-22)24-12-23(35-38(24)15-27(32,33)34)18-2-1-17-10-20-5-6-21(11-19(17)9-18)25(20)13-37(14-26(29,30)31)41(39,40)36-25/h1-4,7-9,12,20-21,36H,5-6,10-11,13-15H2. The molecule has 1 spiro atoms. The molecule has 1 saturated heterocycles. The van der Waals surface area contributed by atoms with E-state index in [9.17, 15) is 39.2 Å². The Labute approximate surface area is 231 Å². The third-order valence-corrected chi connectivity index (χ3v) is 10.0. The van der Waals surface area contributed by atoms with Gasteiger partial charge in [0.15, 0.2) is 0 Å². The summed E-state index contributed by atoms with van der Waals surface area (Å²) < 4.78 is 122. The molecule has 0 radical (unpaired) electrons. The molecule has 3 atom stereocenters. The van der Waals surface area contributed by atoms with E-state index in [1.165, 1.54) is 18.2 Å². The smallest absolute Gasteiger partial charge is 0.255 e. The van der Waals surface area contributed by atoms with Crippen LogP contribution in [0, 0.1) is 17.7 Å². The van der Waals surface area contributed by atoms with Gasteiger partial charge in [-0.05, 0) is 85.0 Å². The topological polar surface area (TPSA) is 67.2 Å². The molecule has 3 unspecified atom stereocenters. The molecule has 3 aliphatic rings. The van der Waals surface area contributed by atoms with Gasteiger partial charge in [0.1, 0.15) is 18.9 Å². The normalized spacial score (nSPS) is 25.9. The van der Waals surface area contributed by atoms with Crippen LogP contribution in [0.4, 0.5) is 30.7 Å². The fourth-order valence-electron chi connectivity index (χ4n) is 6.71. The Balaban J connectivity index is 1.33. The van der Waals surface area contributed by atoms with E-state index in [2.05, 4.69) is 9.82 Å². The number of hydrogen-bond donors (Lipinski definition) is 1. The molecule has 6 rings (SSSR count). The Kier molecular flexibility index (Phi) is 6.54. The Hall–Kier alpha value is -2.97. The van der Waals surface area contributed by atoms with E-state index >= 15 is 0 Å². The summed E-state index contributed by atoms with van der Waals surface area (Å²) in [6, 6.07) is 11.9. The summed E-state index contributed by atoms with van der Waals surface area (Å²) >= 11 is 0. The number of aromatic nitrogens is 2. The molecular formula is C27H25F7N4O2S. The quantitative estimate of drug-likeness (QED) is 0.402. The van der Waals surface area contributed by atoms with Crippen molar-refractivity contribution >= 4 is 10.2 Å². The van der Waals surface area contributed by atoms with Gasteiger partial charge >= 0.3 is 12.4 Å². The number of nitrogens with one attached hydrogen (secondary N) is 1. The lowest BCUT2D eigenvalue weighted by Gasteiger charge is -2.33. The average Bonchev–Trinajstić information content (AvgIpc) is 3.43. The fraction of sp³-hybridized carbons (Fsp3) is 0.444.